The van der Waals surface area contributed by atoms with Crippen molar-refractivity contribution >= 4 is 29.6 Å². The lowest BCUT2D eigenvalue weighted by Crippen LogP contribution is -2.58. The largest absolute Gasteiger partial charge is 0.480 e. The molecule has 0 aliphatic rings. The summed E-state index contributed by atoms with van der Waals surface area (Å²) in [5, 5.41) is 25.6. The van der Waals surface area contributed by atoms with Crippen LogP contribution in [0.4, 0.5) is 0 Å². The summed E-state index contributed by atoms with van der Waals surface area (Å²) in [6.07, 6.45) is -0.178. The summed E-state index contributed by atoms with van der Waals surface area (Å²) in [7, 11) is 0. The van der Waals surface area contributed by atoms with Crippen LogP contribution in [0.5, 0.6) is 0 Å². The third-order valence-electron chi connectivity index (χ3n) is 4.41. The molecular formula is C19H35N5O7. The van der Waals surface area contributed by atoms with E-state index >= 15 is 0 Å². The second kappa shape index (κ2) is 13.5. The van der Waals surface area contributed by atoms with E-state index in [4.69, 9.17) is 16.6 Å². The van der Waals surface area contributed by atoms with Crippen LogP contribution < -0.4 is 27.4 Å². The van der Waals surface area contributed by atoms with Gasteiger partial charge in [-0.15, -0.1) is 0 Å². The third-order valence-corrected chi connectivity index (χ3v) is 4.41. The Morgan fingerprint density at radius 2 is 1.42 bits per heavy atom. The molecule has 4 atom stereocenters. The molecule has 0 bridgehead atoms. The van der Waals surface area contributed by atoms with Crippen LogP contribution in [0.1, 0.15) is 47.0 Å². The molecule has 0 radical (unpaired) electrons. The van der Waals surface area contributed by atoms with Gasteiger partial charge in [0.2, 0.25) is 23.6 Å². The zero-order valence-corrected chi connectivity index (χ0v) is 18.4. The molecule has 4 amide bonds. The summed E-state index contributed by atoms with van der Waals surface area (Å²) in [6, 6.07) is -4.66. The standard InChI is InChI=1S/C19H35N5O7/c1-9(2)7-13(23-16(27)11(20)8-25)17(28)24-15(10(3)4)18(29)22-12(19(30)31)5-6-14(21)26/h9-13,15,25H,5-8,20H2,1-4H3,(H2,21,26)(H,22,29)(H,23,27)(H,24,28)(H,30,31). The van der Waals surface area contributed by atoms with E-state index in [1.807, 2.05) is 13.8 Å². The highest BCUT2D eigenvalue weighted by molar-refractivity contribution is 5.94. The number of carboxylic acid groups (broad SMARTS) is 1. The molecule has 0 aliphatic heterocycles. The van der Waals surface area contributed by atoms with Crippen molar-refractivity contribution in [2.75, 3.05) is 6.61 Å². The first-order valence-electron chi connectivity index (χ1n) is 10.1. The van der Waals surface area contributed by atoms with E-state index in [1.165, 1.54) is 0 Å². The van der Waals surface area contributed by atoms with Crippen LogP contribution in [0.25, 0.3) is 0 Å². The molecule has 0 fully saturated rings. The zero-order valence-electron chi connectivity index (χ0n) is 18.4. The number of carbonyl (C=O) groups is 5. The van der Waals surface area contributed by atoms with Crippen LogP contribution in [0.2, 0.25) is 0 Å². The predicted molar refractivity (Wildman–Crippen MR) is 111 cm³/mol. The first-order chi connectivity index (χ1) is 14.3. The van der Waals surface area contributed by atoms with Crippen LogP contribution in [0, 0.1) is 11.8 Å². The van der Waals surface area contributed by atoms with Crippen LogP contribution in [0.15, 0.2) is 0 Å². The molecule has 12 nitrogen and oxygen atoms in total. The van der Waals surface area contributed by atoms with E-state index in [1.54, 1.807) is 13.8 Å². The quantitative estimate of drug-likeness (QED) is 0.155. The van der Waals surface area contributed by atoms with Crippen molar-refractivity contribution in [3.63, 3.8) is 0 Å². The lowest BCUT2D eigenvalue weighted by molar-refractivity contribution is -0.143. The van der Waals surface area contributed by atoms with Gasteiger partial charge in [0.05, 0.1) is 6.61 Å². The van der Waals surface area contributed by atoms with E-state index in [-0.39, 0.29) is 25.2 Å². The first kappa shape index (κ1) is 28.3. The maximum atomic E-state index is 12.8. The number of aliphatic hydroxyl groups is 1. The number of hydrogen-bond donors (Lipinski definition) is 7. The molecule has 31 heavy (non-hydrogen) atoms. The second-order valence-corrected chi connectivity index (χ2v) is 8.11. The molecule has 9 N–H and O–H groups in total. The highest BCUT2D eigenvalue weighted by Gasteiger charge is 2.32. The van der Waals surface area contributed by atoms with E-state index in [0.717, 1.165) is 0 Å². The maximum absolute atomic E-state index is 12.8. The molecule has 0 heterocycles. The average molecular weight is 446 g/mol. The van der Waals surface area contributed by atoms with Crippen molar-refractivity contribution in [1.82, 2.24) is 16.0 Å². The number of rotatable bonds is 14. The van der Waals surface area contributed by atoms with Gasteiger partial charge in [-0.1, -0.05) is 27.7 Å². The topological polar surface area (TPSA) is 214 Å². The van der Waals surface area contributed by atoms with Gasteiger partial charge in [-0.2, -0.15) is 0 Å². The Kier molecular flexibility index (Phi) is 12.4. The van der Waals surface area contributed by atoms with E-state index < -0.39 is 66.3 Å². The lowest BCUT2D eigenvalue weighted by atomic mass is 9.99. The number of amides is 4. The molecule has 0 aromatic carbocycles. The Morgan fingerprint density at radius 1 is 0.871 bits per heavy atom. The van der Waals surface area contributed by atoms with Crippen LogP contribution in [0.3, 0.4) is 0 Å². The van der Waals surface area contributed by atoms with Gasteiger partial charge in [-0.05, 0) is 24.7 Å². The predicted octanol–water partition coefficient (Wildman–Crippen LogP) is -2.19. The molecule has 0 aromatic heterocycles. The number of hydrogen-bond acceptors (Lipinski definition) is 7. The van der Waals surface area contributed by atoms with Gasteiger partial charge in [0.15, 0.2) is 0 Å². The molecule has 0 saturated heterocycles. The number of aliphatic carboxylic acids is 1. The fraction of sp³-hybridized carbons (Fsp3) is 0.737. The number of aliphatic hydroxyl groups excluding tert-OH is 1. The van der Waals surface area contributed by atoms with Crippen LogP contribution in [-0.4, -0.2) is 70.6 Å². The van der Waals surface area contributed by atoms with Gasteiger partial charge in [-0.3, -0.25) is 19.2 Å². The zero-order chi connectivity index (χ0) is 24.3. The van der Waals surface area contributed by atoms with Gasteiger partial charge in [0, 0.05) is 6.42 Å². The minimum atomic E-state index is -1.35. The molecule has 12 heteroatoms. The lowest BCUT2D eigenvalue weighted by Gasteiger charge is -2.27. The highest BCUT2D eigenvalue weighted by atomic mass is 16.4. The van der Waals surface area contributed by atoms with Gasteiger partial charge < -0.3 is 37.6 Å². The molecule has 178 valence electrons. The van der Waals surface area contributed by atoms with Crippen molar-refractivity contribution in [3.05, 3.63) is 0 Å². The summed E-state index contributed by atoms with van der Waals surface area (Å²) < 4.78 is 0. The van der Waals surface area contributed by atoms with Crippen molar-refractivity contribution < 1.29 is 34.2 Å². The summed E-state index contributed by atoms with van der Waals surface area (Å²) in [4.78, 5) is 59.8. The smallest absolute Gasteiger partial charge is 0.326 e. The average Bonchev–Trinajstić information content (AvgIpc) is 2.66. The normalized spacial score (nSPS) is 15.0. The number of primary amides is 1. The Labute approximate surface area is 181 Å². The number of nitrogens with two attached hydrogens (primary N) is 2. The molecule has 0 aromatic rings. The highest BCUT2D eigenvalue weighted by Crippen LogP contribution is 2.09. The van der Waals surface area contributed by atoms with Crippen molar-refractivity contribution in [3.8, 4) is 0 Å². The SMILES string of the molecule is CC(C)CC(NC(=O)C(N)CO)C(=O)NC(C(=O)NC(CCC(N)=O)C(=O)O)C(C)C. The first-order valence-corrected chi connectivity index (χ1v) is 10.1. The molecular weight excluding hydrogens is 410 g/mol. The molecule has 0 aliphatic carbocycles. The fourth-order valence-corrected chi connectivity index (χ4v) is 2.66. The van der Waals surface area contributed by atoms with E-state index in [2.05, 4.69) is 16.0 Å². The van der Waals surface area contributed by atoms with Crippen molar-refractivity contribution in [2.24, 2.45) is 23.3 Å². The van der Waals surface area contributed by atoms with Crippen LogP contribution in [-0.2, 0) is 24.0 Å². The van der Waals surface area contributed by atoms with Gasteiger partial charge in [0.1, 0.15) is 24.2 Å². The molecule has 0 saturated carbocycles. The molecule has 0 spiro atoms. The Balaban J connectivity index is 5.37. The molecule has 0 rings (SSSR count). The minimum absolute atomic E-state index is 0.0120. The summed E-state index contributed by atoms with van der Waals surface area (Å²) in [5.41, 5.74) is 10.5. The van der Waals surface area contributed by atoms with Crippen molar-refractivity contribution in [2.45, 2.75) is 71.1 Å². The Hall–Kier alpha value is -2.73. The fourth-order valence-electron chi connectivity index (χ4n) is 2.66. The number of carbonyl (C=O) groups excluding carboxylic acids is 4. The van der Waals surface area contributed by atoms with Gasteiger partial charge in [-0.25, -0.2) is 4.79 Å². The Morgan fingerprint density at radius 3 is 1.84 bits per heavy atom. The summed E-state index contributed by atoms with van der Waals surface area (Å²) in [6.45, 7) is 6.38. The van der Waals surface area contributed by atoms with E-state index in [9.17, 15) is 29.1 Å². The van der Waals surface area contributed by atoms with Gasteiger partial charge >= 0.3 is 5.97 Å². The number of carboxylic acids is 1. The number of nitrogens with one attached hydrogen (secondary N) is 3. The molecule has 4 unspecified atom stereocenters. The summed E-state index contributed by atoms with van der Waals surface area (Å²) >= 11 is 0. The minimum Gasteiger partial charge on any atom is -0.480 e. The Bertz CT molecular complexity index is 654. The monoisotopic (exact) mass is 445 g/mol. The third kappa shape index (κ3) is 10.7. The second-order valence-electron chi connectivity index (χ2n) is 8.11. The summed E-state index contributed by atoms with van der Waals surface area (Å²) in [5.74, 6) is -4.56. The van der Waals surface area contributed by atoms with Crippen molar-refractivity contribution in [1.29, 1.82) is 0 Å². The van der Waals surface area contributed by atoms with Crippen LogP contribution >= 0.6 is 0 Å². The maximum Gasteiger partial charge on any atom is 0.326 e. The van der Waals surface area contributed by atoms with E-state index in [0.29, 0.717) is 0 Å². The van der Waals surface area contributed by atoms with Gasteiger partial charge in [0.25, 0.3) is 0 Å².